The number of aromatic nitrogens is 4. The van der Waals surface area contributed by atoms with Crippen molar-refractivity contribution in [3.8, 4) is 11.1 Å². The zero-order valence-corrected chi connectivity index (χ0v) is 26.1. The third-order valence-corrected chi connectivity index (χ3v) is 11.4. The number of piperidine rings is 1. The number of fused-ring (bicyclic) bond motifs is 4. The highest BCUT2D eigenvalue weighted by Gasteiger charge is 2.40. The Morgan fingerprint density at radius 2 is 1.87 bits per heavy atom. The van der Waals surface area contributed by atoms with Crippen LogP contribution >= 0.6 is 22.9 Å². The SMILES string of the molecule is COCc1nc2ccc(-c3cn(COCC[Si](C)(C)C)c4nc(N5[C@@H]6CC[C@H]5CC(C)C6)cnc34)c(Cl)c2s1. The molecule has 0 N–H and O–H groups in total. The first-order chi connectivity index (χ1) is 18.7. The summed E-state index contributed by atoms with van der Waals surface area (Å²) in [6, 6.07) is 6.34. The Bertz CT molecular complexity index is 1480. The van der Waals surface area contributed by atoms with Crippen molar-refractivity contribution in [3.63, 3.8) is 0 Å². The van der Waals surface area contributed by atoms with Crippen LogP contribution < -0.4 is 4.90 Å². The third kappa shape index (κ3) is 5.36. The molecule has 5 heterocycles. The highest BCUT2D eigenvalue weighted by molar-refractivity contribution is 7.19. The van der Waals surface area contributed by atoms with Gasteiger partial charge in [0.2, 0.25) is 0 Å². The molecule has 208 valence electrons. The quantitative estimate of drug-likeness (QED) is 0.149. The van der Waals surface area contributed by atoms with E-state index in [-0.39, 0.29) is 0 Å². The summed E-state index contributed by atoms with van der Waals surface area (Å²) >= 11 is 8.61. The van der Waals surface area contributed by atoms with Crippen LogP contribution in [0.25, 0.3) is 32.5 Å². The molecule has 0 saturated carbocycles. The molecule has 3 aromatic heterocycles. The second-order valence-electron chi connectivity index (χ2n) is 12.4. The number of hydrogen-bond donors (Lipinski definition) is 0. The highest BCUT2D eigenvalue weighted by atomic mass is 35.5. The molecule has 4 aromatic rings. The standard InChI is InChI=1S/C29H38ClN5O2SSi/c1-18-12-19-6-7-20(13-18)35(19)24-14-31-27-22(15-34(29(27)33-24)17-37-10-11-39(3,4)5)21-8-9-23-28(26(21)30)38-25(32-23)16-36-2/h8-9,14-15,18-20H,6-7,10-13,16-17H2,1-5H3/t18?,19-,20+. The van der Waals surface area contributed by atoms with Crippen LogP contribution in [0.2, 0.25) is 30.7 Å². The lowest BCUT2D eigenvalue weighted by Crippen LogP contribution is -2.43. The summed E-state index contributed by atoms with van der Waals surface area (Å²) in [5.74, 6) is 1.77. The number of thiazole rings is 1. The van der Waals surface area contributed by atoms with Crippen molar-refractivity contribution in [3.05, 3.63) is 34.6 Å². The van der Waals surface area contributed by atoms with E-state index in [1.165, 1.54) is 25.7 Å². The van der Waals surface area contributed by atoms with E-state index < -0.39 is 8.07 Å². The zero-order chi connectivity index (χ0) is 27.3. The molecule has 0 amide bonds. The van der Waals surface area contributed by atoms with E-state index in [4.69, 9.17) is 31.0 Å². The second kappa shape index (κ2) is 10.7. The van der Waals surface area contributed by atoms with Crippen molar-refractivity contribution in [2.24, 2.45) is 5.92 Å². The highest BCUT2D eigenvalue weighted by Crippen LogP contribution is 2.43. The minimum atomic E-state index is -1.18. The average molecular weight is 584 g/mol. The zero-order valence-electron chi connectivity index (χ0n) is 23.5. The molecule has 1 unspecified atom stereocenters. The Morgan fingerprint density at radius 3 is 2.59 bits per heavy atom. The largest absolute Gasteiger partial charge is 0.378 e. The van der Waals surface area contributed by atoms with Gasteiger partial charge in [-0.3, -0.25) is 0 Å². The first-order valence-electron chi connectivity index (χ1n) is 14.0. The van der Waals surface area contributed by atoms with Gasteiger partial charge in [0.15, 0.2) is 5.65 Å². The maximum absolute atomic E-state index is 7.03. The molecular weight excluding hydrogens is 546 g/mol. The topological polar surface area (TPSA) is 65.3 Å². The molecule has 3 atom stereocenters. The molecule has 39 heavy (non-hydrogen) atoms. The molecular formula is C29H38ClN5O2SSi. The molecule has 2 aliphatic rings. The number of nitrogens with zero attached hydrogens (tertiary/aromatic N) is 5. The van der Waals surface area contributed by atoms with Gasteiger partial charge >= 0.3 is 0 Å². The Hall–Kier alpha value is -2.04. The summed E-state index contributed by atoms with van der Waals surface area (Å²) in [7, 11) is 0.503. The van der Waals surface area contributed by atoms with Crippen LogP contribution in [0.4, 0.5) is 5.82 Å². The number of hydrogen-bond acceptors (Lipinski definition) is 7. The van der Waals surface area contributed by atoms with Gasteiger partial charge in [0, 0.05) is 51.2 Å². The Kier molecular flexibility index (Phi) is 7.48. The van der Waals surface area contributed by atoms with E-state index in [9.17, 15) is 0 Å². The molecule has 0 radical (unpaired) electrons. The number of anilines is 1. The summed E-state index contributed by atoms with van der Waals surface area (Å²) in [4.78, 5) is 17.5. The minimum Gasteiger partial charge on any atom is -0.378 e. The Morgan fingerprint density at radius 1 is 1.10 bits per heavy atom. The fraction of sp³-hybridized carbons (Fsp3) is 0.552. The van der Waals surface area contributed by atoms with Gasteiger partial charge in [-0.05, 0) is 43.7 Å². The van der Waals surface area contributed by atoms with Crippen molar-refractivity contribution in [1.82, 2.24) is 19.5 Å². The number of benzene rings is 1. The molecule has 2 saturated heterocycles. The van der Waals surface area contributed by atoms with Gasteiger partial charge in [-0.15, -0.1) is 11.3 Å². The van der Waals surface area contributed by atoms with Crippen molar-refractivity contribution >= 4 is 58.2 Å². The molecule has 0 aliphatic carbocycles. The van der Waals surface area contributed by atoms with Crippen molar-refractivity contribution < 1.29 is 9.47 Å². The molecule has 7 nitrogen and oxygen atoms in total. The summed E-state index contributed by atoms with van der Waals surface area (Å²) in [6.45, 7) is 11.2. The van der Waals surface area contributed by atoms with Crippen LogP contribution in [0.3, 0.4) is 0 Å². The first kappa shape index (κ1) is 27.1. The predicted octanol–water partition coefficient (Wildman–Crippen LogP) is 7.59. The van der Waals surface area contributed by atoms with Crippen LogP contribution in [-0.2, 0) is 22.8 Å². The van der Waals surface area contributed by atoms with Crippen LogP contribution in [0.1, 0.15) is 37.6 Å². The Balaban J connectivity index is 1.40. The fourth-order valence-corrected chi connectivity index (χ4v) is 8.33. The van der Waals surface area contributed by atoms with Crippen molar-refractivity contribution in [2.75, 3.05) is 18.6 Å². The summed E-state index contributed by atoms with van der Waals surface area (Å²) in [5.41, 5.74) is 4.52. The average Bonchev–Trinajstić information content (AvgIpc) is 3.54. The molecule has 10 heteroatoms. The lowest BCUT2D eigenvalue weighted by Gasteiger charge is -2.38. The first-order valence-corrected chi connectivity index (χ1v) is 18.9. The van der Waals surface area contributed by atoms with Gasteiger partial charge in [0.05, 0.1) is 28.0 Å². The summed E-state index contributed by atoms with van der Waals surface area (Å²) < 4.78 is 14.6. The normalized spacial score (nSPS) is 21.5. The lowest BCUT2D eigenvalue weighted by molar-refractivity contribution is 0.0899. The van der Waals surface area contributed by atoms with Gasteiger partial charge in [-0.1, -0.05) is 44.2 Å². The van der Waals surface area contributed by atoms with E-state index in [0.29, 0.717) is 30.4 Å². The monoisotopic (exact) mass is 583 g/mol. The molecule has 2 fully saturated rings. The number of rotatable bonds is 9. The molecule has 6 rings (SSSR count). The van der Waals surface area contributed by atoms with Crippen LogP contribution in [-0.4, -0.2) is 53.4 Å². The number of ether oxygens (including phenoxy) is 2. The molecule has 0 spiro atoms. The molecule has 2 aliphatic heterocycles. The van der Waals surface area contributed by atoms with Gasteiger partial charge in [-0.25, -0.2) is 15.0 Å². The van der Waals surface area contributed by atoms with E-state index in [1.807, 2.05) is 18.3 Å². The van der Waals surface area contributed by atoms with E-state index in [2.05, 4.69) is 47.2 Å². The minimum absolute atomic E-state index is 0.446. The molecule has 1 aromatic carbocycles. The van der Waals surface area contributed by atoms with Crippen molar-refractivity contribution in [2.45, 2.75) is 83.7 Å². The van der Waals surface area contributed by atoms with Crippen LogP contribution in [0.5, 0.6) is 0 Å². The maximum atomic E-state index is 7.03. The third-order valence-electron chi connectivity index (χ3n) is 8.11. The van der Waals surface area contributed by atoms with Crippen molar-refractivity contribution in [1.29, 1.82) is 0 Å². The Labute approximate surface area is 240 Å². The number of halogens is 1. The smallest absolute Gasteiger partial charge is 0.163 e. The van der Waals surface area contributed by atoms with Gasteiger partial charge in [-0.2, -0.15) is 0 Å². The van der Waals surface area contributed by atoms with Crippen LogP contribution in [0, 0.1) is 5.92 Å². The van der Waals surface area contributed by atoms with Gasteiger partial charge in [0.1, 0.15) is 23.1 Å². The molecule has 2 bridgehead atoms. The van der Waals surface area contributed by atoms with E-state index in [1.54, 1.807) is 18.4 Å². The van der Waals surface area contributed by atoms with Gasteiger partial charge in [0.25, 0.3) is 0 Å². The fourth-order valence-electron chi connectivity index (χ4n) is 6.22. The van der Waals surface area contributed by atoms with Crippen LogP contribution in [0.15, 0.2) is 24.5 Å². The van der Waals surface area contributed by atoms with E-state index >= 15 is 0 Å². The van der Waals surface area contributed by atoms with E-state index in [0.717, 1.165) is 61.9 Å². The second-order valence-corrected chi connectivity index (χ2v) is 19.5. The van der Waals surface area contributed by atoms with Gasteiger partial charge < -0.3 is 18.9 Å². The summed E-state index contributed by atoms with van der Waals surface area (Å²) in [6.07, 6.45) is 9.04. The number of methoxy groups -OCH3 is 1. The predicted molar refractivity (Wildman–Crippen MR) is 164 cm³/mol. The lowest BCUT2D eigenvalue weighted by atomic mass is 9.92. The maximum Gasteiger partial charge on any atom is 0.163 e. The summed E-state index contributed by atoms with van der Waals surface area (Å²) in [5, 5.41) is 1.61.